The van der Waals surface area contributed by atoms with Crippen LogP contribution in [0.1, 0.15) is 129 Å². The number of esters is 4. The van der Waals surface area contributed by atoms with E-state index < -0.39 is 76.2 Å². The summed E-state index contributed by atoms with van der Waals surface area (Å²) in [6.45, 7) is 22.2. The van der Waals surface area contributed by atoms with Crippen LogP contribution in [0.25, 0.3) is 0 Å². The van der Waals surface area contributed by atoms with Crippen molar-refractivity contribution in [3.63, 3.8) is 0 Å². The van der Waals surface area contributed by atoms with Gasteiger partial charge in [-0.3, -0.25) is 28.9 Å². The standard InChI is InChI=1S/C38H61NO10/c1-14-17-22-20-25(40)23-18-15-16-19-24(23)39(22)30-29(49-34(44)38(11,12)13)28(48-33(43)37(8,9)10)27(47-32(42)36(5,6)7)26(46-30)21-45-31(41)35(2,3)4/h18,22,24,26-30H,14-17,19-21H2,1-13H3/t22-,24+,26-,27+,28+,29-,30-/m1/s1. The van der Waals surface area contributed by atoms with Gasteiger partial charge in [-0.25, -0.2) is 0 Å². The highest BCUT2D eigenvalue weighted by Gasteiger charge is 2.58. The van der Waals surface area contributed by atoms with Gasteiger partial charge in [0.1, 0.15) is 12.7 Å². The van der Waals surface area contributed by atoms with Crippen LogP contribution < -0.4 is 0 Å². The second-order valence-corrected chi connectivity index (χ2v) is 17.9. The van der Waals surface area contributed by atoms with Crippen LogP contribution in [0.3, 0.4) is 0 Å². The van der Waals surface area contributed by atoms with Gasteiger partial charge in [-0.2, -0.15) is 0 Å². The number of hydrogen-bond donors (Lipinski definition) is 0. The van der Waals surface area contributed by atoms with Crippen LogP contribution in [-0.2, 0) is 47.7 Å². The van der Waals surface area contributed by atoms with Gasteiger partial charge < -0.3 is 23.7 Å². The SMILES string of the molecule is CCC[C@@H]1CC(=O)C2=CCCC[C@@H]2N1[C@@H]1O[C@H](COC(=O)C(C)(C)C)[C@H](OC(=O)C(C)(C)C)[C@H](OC(=O)C(C)(C)C)[C@H]1OC(=O)C(C)(C)C. The van der Waals surface area contributed by atoms with Gasteiger partial charge in [0.25, 0.3) is 0 Å². The molecule has 3 aliphatic rings. The summed E-state index contributed by atoms with van der Waals surface area (Å²) in [5.41, 5.74) is -3.02. The molecule has 2 heterocycles. The number of piperidine rings is 1. The fourth-order valence-corrected chi connectivity index (χ4v) is 6.08. The molecular formula is C38H61NO10. The van der Waals surface area contributed by atoms with E-state index in [0.29, 0.717) is 18.4 Å². The van der Waals surface area contributed by atoms with E-state index in [9.17, 15) is 24.0 Å². The number of fused-ring (bicyclic) bond motifs is 1. The molecule has 11 nitrogen and oxygen atoms in total. The van der Waals surface area contributed by atoms with Crippen molar-refractivity contribution in [3.8, 4) is 0 Å². The topological polar surface area (TPSA) is 135 Å². The molecule has 2 fully saturated rings. The molecule has 2 saturated heterocycles. The molecule has 49 heavy (non-hydrogen) atoms. The monoisotopic (exact) mass is 691 g/mol. The fraction of sp³-hybridized carbons (Fsp3) is 0.816. The fourth-order valence-electron chi connectivity index (χ4n) is 6.08. The van der Waals surface area contributed by atoms with E-state index >= 15 is 0 Å². The van der Waals surface area contributed by atoms with Crippen LogP contribution >= 0.6 is 0 Å². The molecule has 0 bridgehead atoms. The molecule has 2 aliphatic heterocycles. The van der Waals surface area contributed by atoms with Gasteiger partial charge in [-0.1, -0.05) is 19.4 Å². The number of carbonyl (C=O) groups excluding carboxylic acids is 5. The van der Waals surface area contributed by atoms with Crippen LogP contribution in [0.15, 0.2) is 11.6 Å². The minimum Gasteiger partial charge on any atom is -0.462 e. The zero-order valence-electron chi connectivity index (χ0n) is 32.1. The largest absolute Gasteiger partial charge is 0.462 e. The lowest BCUT2D eigenvalue weighted by Gasteiger charge is -2.54. The lowest BCUT2D eigenvalue weighted by molar-refractivity contribution is -0.292. The lowest BCUT2D eigenvalue weighted by atomic mass is 9.80. The van der Waals surface area contributed by atoms with E-state index in [4.69, 9.17) is 23.7 Å². The van der Waals surface area contributed by atoms with Gasteiger partial charge in [0, 0.05) is 24.1 Å². The Hall–Kier alpha value is -2.79. The molecule has 11 heteroatoms. The first-order valence-corrected chi connectivity index (χ1v) is 17.8. The molecule has 0 aromatic heterocycles. The third-order valence-corrected chi connectivity index (χ3v) is 9.01. The van der Waals surface area contributed by atoms with Crippen molar-refractivity contribution < 1.29 is 47.7 Å². The first-order valence-electron chi connectivity index (χ1n) is 17.8. The molecule has 278 valence electrons. The number of ether oxygens (including phenoxy) is 5. The van der Waals surface area contributed by atoms with E-state index in [-0.39, 0.29) is 30.9 Å². The normalized spacial score (nSPS) is 28.6. The molecule has 0 amide bonds. The molecule has 0 N–H and O–H groups in total. The van der Waals surface area contributed by atoms with Crippen LogP contribution in [0.2, 0.25) is 0 Å². The van der Waals surface area contributed by atoms with E-state index in [1.165, 1.54) is 0 Å². The summed E-state index contributed by atoms with van der Waals surface area (Å²) >= 11 is 0. The maximum absolute atomic E-state index is 13.7. The number of rotatable bonds is 8. The highest BCUT2D eigenvalue weighted by molar-refractivity contribution is 5.98. The summed E-state index contributed by atoms with van der Waals surface area (Å²) in [5.74, 6) is -2.19. The van der Waals surface area contributed by atoms with E-state index in [1.54, 1.807) is 83.1 Å². The van der Waals surface area contributed by atoms with Crippen molar-refractivity contribution in [2.45, 2.75) is 171 Å². The highest BCUT2D eigenvalue weighted by atomic mass is 16.7. The Morgan fingerprint density at radius 3 is 1.73 bits per heavy atom. The van der Waals surface area contributed by atoms with Crippen molar-refractivity contribution >= 4 is 29.7 Å². The van der Waals surface area contributed by atoms with E-state index in [2.05, 4.69) is 4.90 Å². The molecule has 0 aromatic carbocycles. The lowest BCUT2D eigenvalue weighted by Crippen LogP contribution is -2.70. The molecule has 0 spiro atoms. The van der Waals surface area contributed by atoms with Crippen molar-refractivity contribution in [3.05, 3.63) is 11.6 Å². The minimum atomic E-state index is -1.34. The van der Waals surface area contributed by atoms with Gasteiger partial charge >= 0.3 is 23.9 Å². The quantitative estimate of drug-likeness (QED) is 0.216. The smallest absolute Gasteiger partial charge is 0.311 e. The Kier molecular flexibility index (Phi) is 12.6. The van der Waals surface area contributed by atoms with E-state index in [1.807, 2.05) is 13.0 Å². The van der Waals surface area contributed by atoms with Gasteiger partial charge in [0.05, 0.1) is 21.7 Å². The Morgan fingerprint density at radius 2 is 1.24 bits per heavy atom. The predicted octanol–water partition coefficient (Wildman–Crippen LogP) is 6.10. The first kappa shape index (κ1) is 40.6. The van der Waals surface area contributed by atoms with Gasteiger partial charge in [-0.15, -0.1) is 0 Å². The Morgan fingerprint density at radius 1 is 0.755 bits per heavy atom. The molecular weight excluding hydrogens is 630 g/mol. The summed E-state index contributed by atoms with van der Waals surface area (Å²) in [7, 11) is 0. The number of hydrogen-bond acceptors (Lipinski definition) is 11. The van der Waals surface area contributed by atoms with Crippen molar-refractivity contribution in [2.75, 3.05) is 6.61 Å². The third-order valence-electron chi connectivity index (χ3n) is 9.01. The number of allylic oxidation sites excluding steroid dienone is 1. The Bertz CT molecular complexity index is 1270. The summed E-state index contributed by atoms with van der Waals surface area (Å²) in [6, 6.07) is -0.609. The van der Waals surface area contributed by atoms with Crippen molar-refractivity contribution in [2.24, 2.45) is 21.7 Å². The molecule has 0 radical (unpaired) electrons. The number of likely N-dealkylation sites (tertiary alicyclic amines) is 1. The van der Waals surface area contributed by atoms with Crippen LogP contribution in [0.4, 0.5) is 0 Å². The van der Waals surface area contributed by atoms with Gasteiger partial charge in [0.2, 0.25) is 0 Å². The number of nitrogens with zero attached hydrogens (tertiary/aromatic N) is 1. The number of ketones is 1. The zero-order chi connectivity index (χ0) is 37.3. The maximum atomic E-state index is 13.7. The first-order chi connectivity index (χ1) is 22.4. The van der Waals surface area contributed by atoms with Crippen LogP contribution in [0.5, 0.6) is 0 Å². The second-order valence-electron chi connectivity index (χ2n) is 17.9. The van der Waals surface area contributed by atoms with Crippen molar-refractivity contribution in [1.82, 2.24) is 4.90 Å². The molecule has 0 unspecified atom stereocenters. The highest BCUT2D eigenvalue weighted by Crippen LogP contribution is 2.42. The summed E-state index contributed by atoms with van der Waals surface area (Å²) in [5, 5.41) is 0. The summed E-state index contributed by atoms with van der Waals surface area (Å²) < 4.78 is 31.4. The van der Waals surface area contributed by atoms with Crippen molar-refractivity contribution in [1.29, 1.82) is 0 Å². The molecule has 7 atom stereocenters. The van der Waals surface area contributed by atoms with Crippen LogP contribution in [-0.4, -0.2) is 83.9 Å². The average molecular weight is 692 g/mol. The minimum absolute atomic E-state index is 0.0850. The molecule has 3 rings (SSSR count). The maximum Gasteiger partial charge on any atom is 0.311 e. The summed E-state index contributed by atoms with van der Waals surface area (Å²) in [4.78, 5) is 69.6. The molecule has 0 aromatic rings. The van der Waals surface area contributed by atoms with Gasteiger partial charge in [-0.05, 0) is 109 Å². The summed E-state index contributed by atoms with van der Waals surface area (Å²) in [6.07, 6.45) is -0.0898. The predicted molar refractivity (Wildman–Crippen MR) is 183 cm³/mol. The number of Topliss-reactive ketones (excluding diaryl/α,β-unsaturated/α-hetero) is 1. The zero-order valence-corrected chi connectivity index (χ0v) is 32.1. The molecule has 1 aliphatic carbocycles. The second kappa shape index (κ2) is 15.2. The van der Waals surface area contributed by atoms with Gasteiger partial charge in [0.15, 0.2) is 30.3 Å². The third kappa shape index (κ3) is 9.93. The van der Waals surface area contributed by atoms with E-state index in [0.717, 1.165) is 19.3 Å². The van der Waals surface area contributed by atoms with Crippen LogP contribution in [0, 0.1) is 21.7 Å². The Labute approximate surface area is 293 Å². The molecule has 0 saturated carbocycles. The Balaban J connectivity index is 2.29. The number of carbonyl (C=O) groups is 5. The average Bonchev–Trinajstić information content (AvgIpc) is 2.96.